The number of carbonyl (C=O) groups is 1. The van der Waals surface area contributed by atoms with Crippen LogP contribution >= 0.6 is 0 Å². The number of carboxylic acid groups (broad SMARTS) is 1. The Morgan fingerprint density at radius 3 is 1.81 bits per heavy atom. The Labute approximate surface area is 147 Å². The van der Waals surface area contributed by atoms with Gasteiger partial charge in [-0.3, -0.25) is 10.1 Å². The summed E-state index contributed by atoms with van der Waals surface area (Å²) in [5, 5.41) is 19.6. The largest absolute Gasteiger partial charge is 0.478 e. The van der Waals surface area contributed by atoms with Gasteiger partial charge in [-0.05, 0) is 23.3 Å². The van der Waals surface area contributed by atoms with E-state index in [1.165, 1.54) is 0 Å². The fourth-order valence-corrected chi connectivity index (χ4v) is 2.70. The van der Waals surface area contributed by atoms with Gasteiger partial charge in [0.2, 0.25) is 5.41 Å². The number of non-ortho nitro benzene ring substituents is 1. The molecule has 11 heteroatoms. The maximum atomic E-state index is 13.8. The van der Waals surface area contributed by atoms with E-state index in [2.05, 4.69) is 0 Å². The number of halogens is 6. The minimum Gasteiger partial charge on any atom is -0.478 e. The van der Waals surface area contributed by atoms with Gasteiger partial charge in [-0.15, -0.1) is 0 Å². The average Bonchev–Trinajstić information content (AvgIpc) is 2.53. The second-order valence-electron chi connectivity index (χ2n) is 5.44. The Bertz CT molecular complexity index is 860. The van der Waals surface area contributed by atoms with Gasteiger partial charge in [0, 0.05) is 12.1 Å². The summed E-state index contributed by atoms with van der Waals surface area (Å²) in [6, 6.07) is 4.14. The predicted molar refractivity (Wildman–Crippen MR) is 79.4 cm³/mol. The van der Waals surface area contributed by atoms with Crippen molar-refractivity contribution in [2.45, 2.75) is 17.8 Å². The lowest BCUT2D eigenvalue weighted by Gasteiger charge is -2.38. The second-order valence-corrected chi connectivity index (χ2v) is 5.44. The van der Waals surface area contributed by atoms with Gasteiger partial charge < -0.3 is 5.11 Å². The van der Waals surface area contributed by atoms with E-state index >= 15 is 0 Å². The first-order valence-electron chi connectivity index (χ1n) is 7.04. The molecule has 0 amide bonds. The number of carboxylic acids is 1. The highest BCUT2D eigenvalue weighted by Crippen LogP contribution is 2.56. The van der Waals surface area contributed by atoms with Gasteiger partial charge in [-0.2, -0.15) is 26.3 Å². The standard InChI is InChI=1S/C16H9F6NO4/c17-15(18,19)14(16(20,21)22,10-6-4-9(5-7-10)13(24)25)11-2-1-3-12(8-11)23(26)27/h1-8H,(H,24,25). The first-order chi connectivity index (χ1) is 12.3. The van der Waals surface area contributed by atoms with Crippen molar-refractivity contribution in [2.24, 2.45) is 0 Å². The molecule has 0 spiro atoms. The van der Waals surface area contributed by atoms with Gasteiger partial charge in [0.1, 0.15) is 0 Å². The number of nitrogens with zero attached hydrogens (tertiary/aromatic N) is 1. The number of hydrogen-bond donors (Lipinski definition) is 1. The third-order valence-electron chi connectivity index (χ3n) is 3.91. The van der Waals surface area contributed by atoms with Crippen molar-refractivity contribution in [3.8, 4) is 0 Å². The van der Waals surface area contributed by atoms with E-state index in [1.54, 1.807) is 0 Å². The maximum Gasteiger partial charge on any atom is 0.411 e. The molecule has 0 fully saturated rings. The van der Waals surface area contributed by atoms with Crippen LogP contribution in [0.1, 0.15) is 21.5 Å². The zero-order chi connectivity index (χ0) is 20.6. The normalized spacial score (nSPS) is 12.7. The summed E-state index contributed by atoms with van der Waals surface area (Å²) in [6.07, 6.45) is -11.9. The first-order valence-corrected chi connectivity index (χ1v) is 7.04. The Morgan fingerprint density at radius 2 is 1.41 bits per heavy atom. The zero-order valence-electron chi connectivity index (χ0n) is 13.0. The number of hydrogen-bond acceptors (Lipinski definition) is 3. The zero-order valence-corrected chi connectivity index (χ0v) is 13.0. The molecule has 0 aromatic heterocycles. The third-order valence-corrected chi connectivity index (χ3v) is 3.91. The van der Waals surface area contributed by atoms with E-state index in [4.69, 9.17) is 5.11 Å². The molecule has 2 aromatic carbocycles. The van der Waals surface area contributed by atoms with E-state index in [0.717, 1.165) is 6.07 Å². The van der Waals surface area contributed by atoms with Crippen molar-refractivity contribution in [1.82, 2.24) is 0 Å². The fraction of sp³-hybridized carbons (Fsp3) is 0.188. The molecule has 2 rings (SSSR count). The predicted octanol–water partition coefficient (Wildman–Crippen LogP) is 4.70. The molecule has 0 aliphatic carbocycles. The van der Waals surface area contributed by atoms with E-state index in [1.807, 2.05) is 0 Å². The van der Waals surface area contributed by atoms with Gasteiger partial charge >= 0.3 is 18.3 Å². The molecule has 0 heterocycles. The van der Waals surface area contributed by atoms with E-state index in [0.29, 0.717) is 36.4 Å². The number of nitro groups is 1. The maximum absolute atomic E-state index is 13.8. The van der Waals surface area contributed by atoms with Crippen LogP contribution in [0, 0.1) is 10.1 Å². The Hall–Kier alpha value is -3.11. The molecule has 0 unspecified atom stereocenters. The van der Waals surface area contributed by atoms with Crippen molar-refractivity contribution in [3.05, 3.63) is 75.3 Å². The topological polar surface area (TPSA) is 80.4 Å². The van der Waals surface area contributed by atoms with Crippen molar-refractivity contribution in [2.75, 3.05) is 0 Å². The Kier molecular flexibility index (Phi) is 4.91. The summed E-state index contributed by atoms with van der Waals surface area (Å²) < 4.78 is 83.0. The van der Waals surface area contributed by atoms with E-state index < -0.39 is 51.0 Å². The molecule has 27 heavy (non-hydrogen) atoms. The van der Waals surface area contributed by atoms with Crippen LogP contribution < -0.4 is 0 Å². The number of benzene rings is 2. The smallest absolute Gasteiger partial charge is 0.411 e. The van der Waals surface area contributed by atoms with Gasteiger partial charge in [0.25, 0.3) is 5.69 Å². The van der Waals surface area contributed by atoms with Crippen molar-refractivity contribution < 1.29 is 41.2 Å². The molecule has 0 bridgehead atoms. The van der Waals surface area contributed by atoms with Crippen molar-refractivity contribution >= 4 is 11.7 Å². The molecule has 0 aliphatic rings. The van der Waals surface area contributed by atoms with Crippen LogP contribution in [-0.2, 0) is 5.41 Å². The lowest BCUT2D eigenvalue weighted by atomic mass is 9.72. The molecule has 0 radical (unpaired) electrons. The van der Waals surface area contributed by atoms with Crippen LogP contribution in [0.3, 0.4) is 0 Å². The molecule has 5 nitrogen and oxygen atoms in total. The van der Waals surface area contributed by atoms with Gasteiger partial charge in [0.05, 0.1) is 10.5 Å². The highest BCUT2D eigenvalue weighted by molar-refractivity contribution is 5.87. The lowest BCUT2D eigenvalue weighted by Crippen LogP contribution is -2.54. The first kappa shape index (κ1) is 20.2. The fourth-order valence-electron chi connectivity index (χ4n) is 2.70. The average molecular weight is 393 g/mol. The number of nitro benzene ring substituents is 1. The summed E-state index contributed by atoms with van der Waals surface area (Å²) in [5.74, 6) is -1.54. The Morgan fingerprint density at radius 1 is 0.889 bits per heavy atom. The molecule has 0 aliphatic heterocycles. The molecular weight excluding hydrogens is 384 g/mol. The van der Waals surface area contributed by atoms with Crippen molar-refractivity contribution in [1.29, 1.82) is 0 Å². The number of aromatic carboxylic acids is 1. The van der Waals surface area contributed by atoms with Gasteiger partial charge in [0.15, 0.2) is 0 Å². The minimum atomic E-state index is -5.93. The molecular formula is C16H9F6NO4. The molecule has 0 atom stereocenters. The van der Waals surface area contributed by atoms with Crippen LogP contribution in [0.25, 0.3) is 0 Å². The van der Waals surface area contributed by atoms with Crippen LogP contribution in [0.2, 0.25) is 0 Å². The highest BCUT2D eigenvalue weighted by Gasteiger charge is 2.72. The lowest BCUT2D eigenvalue weighted by molar-refractivity contribution is -0.385. The third kappa shape index (κ3) is 3.32. The summed E-state index contributed by atoms with van der Waals surface area (Å²) in [7, 11) is 0. The van der Waals surface area contributed by atoms with Crippen LogP contribution in [0.15, 0.2) is 48.5 Å². The van der Waals surface area contributed by atoms with E-state index in [9.17, 15) is 41.3 Å². The summed E-state index contributed by atoms with van der Waals surface area (Å²) >= 11 is 0. The molecule has 0 saturated carbocycles. The summed E-state index contributed by atoms with van der Waals surface area (Å²) in [6.45, 7) is 0. The highest BCUT2D eigenvalue weighted by atomic mass is 19.4. The number of alkyl halides is 6. The van der Waals surface area contributed by atoms with E-state index in [-0.39, 0.29) is 6.07 Å². The molecule has 0 saturated heterocycles. The molecule has 1 N–H and O–H groups in total. The quantitative estimate of drug-likeness (QED) is 0.464. The van der Waals surface area contributed by atoms with Crippen LogP contribution in [0.4, 0.5) is 32.0 Å². The summed E-state index contributed by atoms with van der Waals surface area (Å²) in [4.78, 5) is 20.5. The second kappa shape index (κ2) is 6.56. The molecule has 144 valence electrons. The van der Waals surface area contributed by atoms with Gasteiger partial charge in [-0.25, -0.2) is 4.79 Å². The number of rotatable bonds is 4. The molecule has 2 aromatic rings. The Balaban J connectivity index is 2.89. The van der Waals surface area contributed by atoms with Crippen molar-refractivity contribution in [3.63, 3.8) is 0 Å². The SMILES string of the molecule is O=C(O)c1ccc(C(c2cccc([N+](=O)[O-])c2)(C(F)(F)F)C(F)(F)F)cc1. The summed E-state index contributed by atoms with van der Waals surface area (Å²) in [5.41, 5.74) is -8.76. The monoisotopic (exact) mass is 393 g/mol. The van der Waals surface area contributed by atoms with Gasteiger partial charge in [-0.1, -0.05) is 24.3 Å². The van der Waals surface area contributed by atoms with Crippen LogP contribution in [-0.4, -0.2) is 28.4 Å². The van der Waals surface area contributed by atoms with Crippen LogP contribution in [0.5, 0.6) is 0 Å². The minimum absolute atomic E-state index is 0.200.